The number of Topliss-reactive ketones (excluding diaryl/α,β-unsaturated/α-hetero) is 1. The number of benzene rings is 1. The van der Waals surface area contributed by atoms with Crippen LogP contribution in [0.5, 0.6) is 5.75 Å². The lowest BCUT2D eigenvalue weighted by Gasteiger charge is -2.06. The summed E-state index contributed by atoms with van der Waals surface area (Å²) in [6, 6.07) is 5.42. The Morgan fingerprint density at radius 1 is 1.35 bits per heavy atom. The van der Waals surface area contributed by atoms with Crippen molar-refractivity contribution in [3.63, 3.8) is 0 Å². The molecular weight excluding hydrogens is 296 g/mol. The maximum Gasteiger partial charge on any atom is 0.183 e. The van der Waals surface area contributed by atoms with E-state index in [-0.39, 0.29) is 12.3 Å². The number of ketones is 1. The number of carbonyl (C=O) groups excluding carboxylic acids is 1. The van der Waals surface area contributed by atoms with Gasteiger partial charge in [0.1, 0.15) is 5.76 Å². The molecule has 1 aromatic carbocycles. The van der Waals surface area contributed by atoms with Crippen molar-refractivity contribution in [3.8, 4) is 5.75 Å². The van der Waals surface area contributed by atoms with E-state index < -0.39 is 0 Å². The van der Waals surface area contributed by atoms with Crippen molar-refractivity contribution >= 4 is 16.8 Å². The first-order chi connectivity index (χ1) is 11.2. The summed E-state index contributed by atoms with van der Waals surface area (Å²) in [6.07, 6.45) is 5.68. The highest BCUT2D eigenvalue weighted by molar-refractivity contribution is 6.08. The molecule has 0 amide bonds. The molecule has 3 rings (SSSR count). The van der Waals surface area contributed by atoms with Crippen LogP contribution in [0.2, 0.25) is 0 Å². The smallest absolute Gasteiger partial charge is 0.183 e. The molecule has 0 atom stereocenters. The molecule has 0 radical (unpaired) electrons. The van der Waals surface area contributed by atoms with Gasteiger partial charge in [0.05, 0.1) is 26.6 Å². The van der Waals surface area contributed by atoms with Crippen LogP contribution in [0.25, 0.3) is 11.0 Å². The zero-order valence-electron chi connectivity index (χ0n) is 13.1. The number of fused-ring (bicyclic) bond motifs is 1. The Balaban J connectivity index is 1.99. The molecule has 0 bridgehead atoms. The molecule has 0 saturated heterocycles. The molecule has 2 heterocycles. The van der Waals surface area contributed by atoms with E-state index >= 15 is 0 Å². The lowest BCUT2D eigenvalue weighted by Crippen LogP contribution is -2.09. The SMILES string of the molecule is COCCc1cc2c(C(=O)Cn3ccnc3)ccc(OC)c2o1. The van der Waals surface area contributed by atoms with Crippen LogP contribution >= 0.6 is 0 Å². The monoisotopic (exact) mass is 314 g/mol. The van der Waals surface area contributed by atoms with E-state index in [0.29, 0.717) is 29.9 Å². The highest BCUT2D eigenvalue weighted by atomic mass is 16.5. The average molecular weight is 314 g/mol. The second-order valence-corrected chi connectivity index (χ2v) is 5.17. The van der Waals surface area contributed by atoms with Crippen LogP contribution in [0.15, 0.2) is 41.3 Å². The summed E-state index contributed by atoms with van der Waals surface area (Å²) in [5, 5.41) is 0.764. The molecule has 0 N–H and O–H groups in total. The van der Waals surface area contributed by atoms with Gasteiger partial charge in [-0.05, 0) is 18.2 Å². The Morgan fingerprint density at radius 2 is 2.22 bits per heavy atom. The zero-order valence-corrected chi connectivity index (χ0v) is 13.1. The molecule has 0 fully saturated rings. The Morgan fingerprint density at radius 3 is 2.91 bits per heavy atom. The molecule has 6 nitrogen and oxygen atoms in total. The van der Waals surface area contributed by atoms with Crippen molar-refractivity contribution in [1.29, 1.82) is 0 Å². The third-order valence-electron chi connectivity index (χ3n) is 3.66. The van der Waals surface area contributed by atoms with Gasteiger partial charge in [0, 0.05) is 36.9 Å². The van der Waals surface area contributed by atoms with Crippen LogP contribution in [0.3, 0.4) is 0 Å². The first-order valence-electron chi connectivity index (χ1n) is 7.30. The molecule has 3 aromatic rings. The second kappa shape index (κ2) is 6.66. The van der Waals surface area contributed by atoms with E-state index in [0.717, 1.165) is 11.1 Å². The Kier molecular flexibility index (Phi) is 4.43. The Bertz CT molecular complexity index is 805. The highest BCUT2D eigenvalue weighted by Gasteiger charge is 2.17. The predicted octanol–water partition coefficient (Wildman–Crippen LogP) is 2.71. The molecule has 0 spiro atoms. The van der Waals surface area contributed by atoms with E-state index in [4.69, 9.17) is 13.9 Å². The number of furan rings is 1. The van der Waals surface area contributed by atoms with E-state index in [1.807, 2.05) is 6.07 Å². The maximum absolute atomic E-state index is 12.6. The van der Waals surface area contributed by atoms with Crippen molar-refractivity contribution in [2.75, 3.05) is 20.8 Å². The van der Waals surface area contributed by atoms with Crippen LogP contribution in [0, 0.1) is 0 Å². The molecular formula is C17H18N2O4. The van der Waals surface area contributed by atoms with E-state index in [9.17, 15) is 4.79 Å². The predicted molar refractivity (Wildman–Crippen MR) is 84.9 cm³/mol. The molecule has 0 saturated carbocycles. The molecule has 0 aliphatic rings. The third-order valence-corrected chi connectivity index (χ3v) is 3.66. The summed E-state index contributed by atoms with van der Waals surface area (Å²) >= 11 is 0. The average Bonchev–Trinajstić information content (AvgIpc) is 3.20. The van der Waals surface area contributed by atoms with Gasteiger partial charge in [-0.2, -0.15) is 0 Å². The van der Waals surface area contributed by atoms with Crippen molar-refractivity contribution in [1.82, 2.24) is 9.55 Å². The first-order valence-corrected chi connectivity index (χ1v) is 7.30. The van der Waals surface area contributed by atoms with E-state index in [2.05, 4.69) is 4.98 Å². The lowest BCUT2D eigenvalue weighted by atomic mass is 10.0. The number of carbonyl (C=O) groups is 1. The van der Waals surface area contributed by atoms with Gasteiger partial charge in [-0.3, -0.25) is 4.79 Å². The fourth-order valence-corrected chi connectivity index (χ4v) is 2.51. The summed E-state index contributed by atoms with van der Waals surface area (Å²) in [5.74, 6) is 1.38. The van der Waals surface area contributed by atoms with Crippen molar-refractivity contribution in [3.05, 3.63) is 48.2 Å². The molecule has 120 valence electrons. The van der Waals surface area contributed by atoms with Crippen LogP contribution < -0.4 is 4.74 Å². The second-order valence-electron chi connectivity index (χ2n) is 5.17. The number of rotatable bonds is 7. The number of aromatic nitrogens is 2. The minimum Gasteiger partial charge on any atom is -0.493 e. The van der Waals surface area contributed by atoms with Gasteiger partial charge in [0.25, 0.3) is 0 Å². The van der Waals surface area contributed by atoms with Crippen LogP contribution in [-0.2, 0) is 17.7 Å². The van der Waals surface area contributed by atoms with Gasteiger partial charge in [0.2, 0.25) is 0 Å². The first kappa shape index (κ1) is 15.3. The highest BCUT2D eigenvalue weighted by Crippen LogP contribution is 2.32. The minimum absolute atomic E-state index is 0.00487. The molecule has 23 heavy (non-hydrogen) atoms. The quantitative estimate of drug-likeness (QED) is 0.627. The van der Waals surface area contributed by atoms with Gasteiger partial charge in [-0.1, -0.05) is 0 Å². The largest absolute Gasteiger partial charge is 0.493 e. The zero-order chi connectivity index (χ0) is 16.2. The summed E-state index contributed by atoms with van der Waals surface area (Å²) in [7, 11) is 3.22. The summed E-state index contributed by atoms with van der Waals surface area (Å²) in [4.78, 5) is 16.5. The Hall–Kier alpha value is -2.60. The number of nitrogens with zero attached hydrogens (tertiary/aromatic N) is 2. The fourth-order valence-electron chi connectivity index (χ4n) is 2.51. The summed E-state index contributed by atoms with van der Waals surface area (Å²) < 4.78 is 18.0. The van der Waals surface area contributed by atoms with Gasteiger partial charge in [0.15, 0.2) is 17.1 Å². The molecule has 0 aliphatic carbocycles. The van der Waals surface area contributed by atoms with Crippen LogP contribution in [0.1, 0.15) is 16.1 Å². The van der Waals surface area contributed by atoms with Crippen molar-refractivity contribution in [2.45, 2.75) is 13.0 Å². The molecule has 2 aromatic heterocycles. The van der Waals surface area contributed by atoms with E-state index in [1.165, 1.54) is 0 Å². The maximum atomic E-state index is 12.6. The third kappa shape index (κ3) is 3.12. The molecule has 6 heteroatoms. The van der Waals surface area contributed by atoms with Gasteiger partial charge in [-0.15, -0.1) is 0 Å². The fraction of sp³-hybridized carbons (Fsp3) is 0.294. The van der Waals surface area contributed by atoms with Crippen molar-refractivity contribution in [2.24, 2.45) is 0 Å². The summed E-state index contributed by atoms with van der Waals surface area (Å²) in [5.41, 5.74) is 1.21. The standard InChI is InChI=1S/C17H18N2O4/c1-21-8-5-12-9-14-13(3-4-16(22-2)17(14)23-12)15(20)10-19-7-6-18-11-19/h3-4,6-7,9,11H,5,8,10H2,1-2H3. The molecule has 0 unspecified atom stereocenters. The lowest BCUT2D eigenvalue weighted by molar-refractivity contribution is 0.0973. The van der Waals surface area contributed by atoms with Crippen LogP contribution in [-0.4, -0.2) is 36.2 Å². The summed E-state index contributed by atoms with van der Waals surface area (Å²) in [6.45, 7) is 0.792. The van der Waals surface area contributed by atoms with Crippen molar-refractivity contribution < 1.29 is 18.7 Å². The van der Waals surface area contributed by atoms with Gasteiger partial charge < -0.3 is 18.5 Å². The van der Waals surface area contributed by atoms with Gasteiger partial charge >= 0.3 is 0 Å². The number of ether oxygens (including phenoxy) is 2. The topological polar surface area (TPSA) is 66.5 Å². The number of hydrogen-bond donors (Lipinski definition) is 0. The van der Waals surface area contributed by atoms with Crippen LogP contribution in [0.4, 0.5) is 0 Å². The molecule has 0 aliphatic heterocycles. The Labute approximate surface area is 133 Å². The number of hydrogen-bond acceptors (Lipinski definition) is 5. The van der Waals surface area contributed by atoms with E-state index in [1.54, 1.807) is 49.6 Å². The van der Waals surface area contributed by atoms with Gasteiger partial charge in [-0.25, -0.2) is 4.98 Å². The number of methoxy groups -OCH3 is 2. The normalized spacial score (nSPS) is 11.0. The minimum atomic E-state index is -0.00487. The number of imidazole rings is 1.